The molecular weight excluding hydrogens is 420 g/mol. The third-order valence-electron chi connectivity index (χ3n) is 6.49. The molecule has 7 heteroatoms. The monoisotopic (exact) mass is 450 g/mol. The second-order valence-corrected chi connectivity index (χ2v) is 9.14. The van der Waals surface area contributed by atoms with Gasteiger partial charge in [0.15, 0.2) is 0 Å². The van der Waals surface area contributed by atoms with Gasteiger partial charge in [-0.15, -0.1) is 0 Å². The van der Waals surface area contributed by atoms with Gasteiger partial charge in [0.1, 0.15) is 12.4 Å². The summed E-state index contributed by atoms with van der Waals surface area (Å²) in [4.78, 5) is 3.70. The van der Waals surface area contributed by atoms with Gasteiger partial charge in [-0.05, 0) is 49.1 Å². The fraction of sp³-hybridized carbons (Fsp3) is 0.520. The van der Waals surface area contributed by atoms with E-state index >= 15 is 0 Å². The average Bonchev–Trinajstić information content (AvgIpc) is 2.70. The summed E-state index contributed by atoms with van der Waals surface area (Å²) in [6, 6.07) is 12.7. The number of rotatable bonds is 7. The normalized spacial score (nSPS) is 22.4. The van der Waals surface area contributed by atoms with Crippen LogP contribution in [-0.2, 0) is 6.42 Å². The zero-order chi connectivity index (χ0) is 22.9. The minimum absolute atomic E-state index is 0.151. The van der Waals surface area contributed by atoms with E-state index in [0.717, 1.165) is 41.9 Å². The molecular formula is C25H30F4N2O. The fourth-order valence-corrected chi connectivity index (χ4v) is 4.87. The fourth-order valence-electron chi connectivity index (χ4n) is 4.87. The first-order chi connectivity index (χ1) is 15.2. The molecule has 2 aromatic rings. The molecule has 0 aliphatic carbocycles. The Morgan fingerprint density at radius 2 is 1.78 bits per heavy atom. The first kappa shape index (κ1) is 23.1. The van der Waals surface area contributed by atoms with Crippen molar-refractivity contribution >= 4 is 0 Å². The van der Waals surface area contributed by atoms with Gasteiger partial charge in [-0.3, -0.25) is 14.2 Å². The molecule has 0 unspecified atom stereocenters. The van der Waals surface area contributed by atoms with Gasteiger partial charge < -0.3 is 4.74 Å². The first-order valence-electron chi connectivity index (χ1n) is 11.2. The standard InChI is InChI=1S/C25H30F4N2O/c1-17-3-8-23-21(11-17)12-18(2)31(16-25(27,28)29)24(23)20-4-6-22(7-5-20)32-10-9-30-14-19(13-26)15-30/h3-8,11,18-19,24H,9-10,12-16H2,1-2H3/t18-,24-/m0/s1. The van der Waals surface area contributed by atoms with Crippen LogP contribution < -0.4 is 4.74 Å². The molecule has 0 spiro atoms. The predicted molar refractivity (Wildman–Crippen MR) is 117 cm³/mol. The van der Waals surface area contributed by atoms with Crippen molar-refractivity contribution in [2.75, 3.05) is 39.5 Å². The van der Waals surface area contributed by atoms with Crippen LogP contribution in [0.4, 0.5) is 17.6 Å². The highest BCUT2D eigenvalue weighted by Crippen LogP contribution is 2.40. The van der Waals surface area contributed by atoms with Crippen molar-refractivity contribution < 1.29 is 22.3 Å². The highest BCUT2D eigenvalue weighted by atomic mass is 19.4. The highest BCUT2D eigenvalue weighted by molar-refractivity contribution is 5.43. The topological polar surface area (TPSA) is 15.7 Å². The predicted octanol–water partition coefficient (Wildman–Crippen LogP) is 5.17. The summed E-state index contributed by atoms with van der Waals surface area (Å²) in [5, 5.41) is 0. The van der Waals surface area contributed by atoms with Crippen LogP contribution in [0.3, 0.4) is 0 Å². The number of alkyl halides is 4. The van der Waals surface area contributed by atoms with Crippen molar-refractivity contribution in [1.82, 2.24) is 9.80 Å². The molecule has 0 radical (unpaired) electrons. The lowest BCUT2D eigenvalue weighted by atomic mass is 9.84. The van der Waals surface area contributed by atoms with E-state index in [9.17, 15) is 17.6 Å². The first-order valence-corrected chi connectivity index (χ1v) is 11.2. The van der Waals surface area contributed by atoms with E-state index in [0.29, 0.717) is 18.8 Å². The summed E-state index contributed by atoms with van der Waals surface area (Å²) in [5.41, 5.74) is 3.99. The molecule has 1 fully saturated rings. The molecule has 2 aromatic carbocycles. The molecule has 0 saturated carbocycles. The number of benzene rings is 2. The minimum atomic E-state index is -4.27. The number of likely N-dealkylation sites (tertiary alicyclic amines) is 1. The molecule has 0 aromatic heterocycles. The van der Waals surface area contributed by atoms with Crippen LogP contribution in [0, 0.1) is 12.8 Å². The van der Waals surface area contributed by atoms with Gasteiger partial charge >= 0.3 is 6.18 Å². The molecule has 2 aliphatic rings. The van der Waals surface area contributed by atoms with Gasteiger partial charge in [0, 0.05) is 31.6 Å². The van der Waals surface area contributed by atoms with Crippen molar-refractivity contribution in [3.05, 3.63) is 64.7 Å². The minimum Gasteiger partial charge on any atom is -0.492 e. The SMILES string of the molecule is Cc1ccc2c(c1)C[C@H](C)N(CC(F)(F)F)[C@H]2c1ccc(OCCN2CC(CF)C2)cc1. The number of aryl methyl sites for hydroxylation is 1. The third kappa shape index (κ3) is 5.26. The molecule has 2 heterocycles. The average molecular weight is 451 g/mol. The van der Waals surface area contributed by atoms with Crippen LogP contribution in [0.1, 0.15) is 35.2 Å². The lowest BCUT2D eigenvalue weighted by Gasteiger charge is -2.42. The summed E-state index contributed by atoms with van der Waals surface area (Å²) in [5.74, 6) is 0.838. The van der Waals surface area contributed by atoms with Crippen LogP contribution >= 0.6 is 0 Å². The maximum atomic E-state index is 13.4. The zero-order valence-corrected chi connectivity index (χ0v) is 18.5. The van der Waals surface area contributed by atoms with E-state index in [4.69, 9.17) is 4.74 Å². The molecule has 0 amide bonds. The maximum Gasteiger partial charge on any atom is 0.401 e. The number of ether oxygens (including phenoxy) is 1. The van der Waals surface area contributed by atoms with Gasteiger partial charge in [-0.1, -0.05) is 35.9 Å². The smallest absolute Gasteiger partial charge is 0.401 e. The van der Waals surface area contributed by atoms with Crippen LogP contribution in [0.25, 0.3) is 0 Å². The second kappa shape index (κ2) is 9.40. The lowest BCUT2D eigenvalue weighted by Crippen LogP contribution is -2.49. The molecule has 4 rings (SSSR count). The van der Waals surface area contributed by atoms with Crippen molar-refractivity contribution in [1.29, 1.82) is 0 Å². The summed E-state index contributed by atoms with van der Waals surface area (Å²) in [6.07, 6.45) is -3.67. The number of nitrogens with zero attached hydrogens (tertiary/aromatic N) is 2. The van der Waals surface area contributed by atoms with E-state index in [1.165, 1.54) is 0 Å². The Morgan fingerprint density at radius 3 is 2.44 bits per heavy atom. The van der Waals surface area contributed by atoms with E-state index in [1.807, 2.05) is 50.2 Å². The van der Waals surface area contributed by atoms with Crippen LogP contribution in [0.2, 0.25) is 0 Å². The quantitative estimate of drug-likeness (QED) is 0.541. The van der Waals surface area contributed by atoms with E-state index in [-0.39, 0.29) is 18.6 Å². The molecule has 0 bridgehead atoms. The molecule has 3 nitrogen and oxygen atoms in total. The Labute approximate surface area is 187 Å². The number of hydrogen-bond donors (Lipinski definition) is 0. The maximum absolute atomic E-state index is 13.4. The zero-order valence-electron chi connectivity index (χ0n) is 18.5. The molecule has 174 valence electrons. The second-order valence-electron chi connectivity index (χ2n) is 9.14. The van der Waals surface area contributed by atoms with Gasteiger partial charge in [0.25, 0.3) is 0 Å². The largest absolute Gasteiger partial charge is 0.492 e. The van der Waals surface area contributed by atoms with Crippen molar-refractivity contribution in [3.63, 3.8) is 0 Å². The van der Waals surface area contributed by atoms with Gasteiger partial charge in [0.2, 0.25) is 0 Å². The van der Waals surface area contributed by atoms with Crippen molar-refractivity contribution in [2.24, 2.45) is 5.92 Å². The van der Waals surface area contributed by atoms with Gasteiger partial charge in [-0.2, -0.15) is 13.2 Å². The summed E-state index contributed by atoms with van der Waals surface area (Å²) in [7, 11) is 0. The van der Waals surface area contributed by atoms with Crippen LogP contribution in [0.5, 0.6) is 5.75 Å². The van der Waals surface area contributed by atoms with Crippen molar-refractivity contribution in [2.45, 2.75) is 38.5 Å². The number of fused-ring (bicyclic) bond motifs is 1. The third-order valence-corrected chi connectivity index (χ3v) is 6.49. The van der Waals surface area contributed by atoms with Gasteiger partial charge in [0.05, 0.1) is 19.3 Å². The Kier molecular flexibility index (Phi) is 6.77. The van der Waals surface area contributed by atoms with Gasteiger partial charge in [-0.25, -0.2) is 0 Å². The van der Waals surface area contributed by atoms with Crippen LogP contribution in [0.15, 0.2) is 42.5 Å². The van der Waals surface area contributed by atoms with E-state index in [1.54, 1.807) is 4.90 Å². The number of halogens is 4. The molecule has 2 aliphatic heterocycles. The molecule has 1 saturated heterocycles. The molecule has 32 heavy (non-hydrogen) atoms. The summed E-state index contributed by atoms with van der Waals surface area (Å²) in [6.45, 7) is 5.44. The Hall–Kier alpha value is -2.12. The highest BCUT2D eigenvalue weighted by Gasteiger charge is 2.40. The molecule has 2 atom stereocenters. The summed E-state index contributed by atoms with van der Waals surface area (Å²) < 4.78 is 58.5. The Morgan fingerprint density at radius 1 is 1.06 bits per heavy atom. The van der Waals surface area contributed by atoms with E-state index in [2.05, 4.69) is 11.0 Å². The van der Waals surface area contributed by atoms with E-state index < -0.39 is 18.8 Å². The molecule has 0 N–H and O–H groups in total. The Bertz CT molecular complexity index is 909. The summed E-state index contributed by atoms with van der Waals surface area (Å²) >= 11 is 0. The van der Waals surface area contributed by atoms with Crippen LogP contribution in [-0.4, -0.2) is 61.5 Å². The van der Waals surface area contributed by atoms with Crippen molar-refractivity contribution in [3.8, 4) is 5.75 Å². The number of hydrogen-bond acceptors (Lipinski definition) is 3. The Balaban J connectivity index is 1.50. The lowest BCUT2D eigenvalue weighted by molar-refractivity contribution is -0.155.